The molecule has 0 aromatic heterocycles. The molecule has 1 aromatic carbocycles. The predicted molar refractivity (Wildman–Crippen MR) is 43.6 cm³/mol. The second kappa shape index (κ2) is 5.70. The summed E-state index contributed by atoms with van der Waals surface area (Å²) < 4.78 is 12.3. The Morgan fingerprint density at radius 1 is 1.54 bits per heavy atom. The number of carbonyl (C=O) groups excluding carboxylic acids is 1. The van der Waals surface area contributed by atoms with Crippen molar-refractivity contribution in [3.05, 3.63) is 35.6 Å². The van der Waals surface area contributed by atoms with Gasteiger partial charge >= 0.3 is 0 Å². The van der Waals surface area contributed by atoms with Crippen LogP contribution in [-0.4, -0.2) is 17.5 Å². The maximum Gasteiger partial charge on any atom is 0.290 e. The van der Waals surface area contributed by atoms with Crippen LogP contribution in [0.2, 0.25) is 0 Å². The smallest absolute Gasteiger partial charge is 0.290 e. The lowest BCUT2D eigenvalue weighted by Crippen LogP contribution is -2.10. The van der Waals surface area contributed by atoms with E-state index in [0.717, 1.165) is 6.07 Å². The van der Waals surface area contributed by atoms with E-state index in [9.17, 15) is 9.18 Å². The summed E-state index contributed by atoms with van der Waals surface area (Å²) in [5, 5.41) is 6.89. The van der Waals surface area contributed by atoms with E-state index in [2.05, 4.69) is 0 Å². The molecule has 0 aliphatic rings. The first kappa shape index (κ1) is 11.1. The van der Waals surface area contributed by atoms with Gasteiger partial charge in [-0.1, -0.05) is 6.07 Å². The van der Waals surface area contributed by atoms with Crippen LogP contribution in [-0.2, 0) is 4.79 Å². The number of carbonyl (C=O) groups is 2. The molecule has 1 aromatic rings. The van der Waals surface area contributed by atoms with Crippen LogP contribution in [0.25, 0.3) is 0 Å². The minimum atomic E-state index is -0.612. The van der Waals surface area contributed by atoms with E-state index in [1.54, 1.807) is 0 Å². The number of carboxylic acid groups (broad SMARTS) is 1. The monoisotopic (exact) mass is 185 g/mol. The molecular weight excluding hydrogens is 177 g/mol. The lowest BCUT2D eigenvalue weighted by molar-refractivity contribution is -0.122. The average molecular weight is 185 g/mol. The van der Waals surface area contributed by atoms with E-state index in [0.29, 0.717) is 0 Å². The van der Waals surface area contributed by atoms with Crippen molar-refractivity contribution >= 4 is 12.4 Å². The van der Waals surface area contributed by atoms with Crippen LogP contribution in [0, 0.1) is 5.82 Å². The summed E-state index contributed by atoms with van der Waals surface area (Å²) in [6.45, 7) is -0.250. The normalized spacial score (nSPS) is 8.08. The molecule has 0 saturated carbocycles. The number of halogens is 1. The predicted octanol–water partition coefficient (Wildman–Crippen LogP) is 0.625. The van der Waals surface area contributed by atoms with E-state index in [-0.39, 0.29) is 12.0 Å². The summed E-state index contributed by atoms with van der Waals surface area (Å²) in [7, 11) is 0. The van der Waals surface area contributed by atoms with Gasteiger partial charge in [-0.05, 0) is 18.2 Å². The van der Waals surface area contributed by atoms with Gasteiger partial charge in [0, 0.05) is 5.56 Å². The van der Waals surface area contributed by atoms with E-state index >= 15 is 0 Å². The largest absolute Gasteiger partial charge is 0.483 e. The highest BCUT2D eigenvalue weighted by Crippen LogP contribution is 2.01. The average Bonchev–Trinajstić information content (AvgIpc) is 2.05. The van der Waals surface area contributed by atoms with Crippen LogP contribution in [0.4, 0.5) is 4.39 Å². The molecule has 3 N–H and O–H groups in total. The quantitative estimate of drug-likeness (QED) is 0.629. The van der Waals surface area contributed by atoms with Crippen LogP contribution in [0.1, 0.15) is 10.4 Å². The highest BCUT2D eigenvalue weighted by atomic mass is 19.1. The molecule has 0 spiro atoms. The topological polar surface area (TPSA) is 80.4 Å². The molecule has 0 heterocycles. The molecule has 0 aliphatic heterocycles. The maximum absolute atomic E-state index is 12.3. The lowest BCUT2D eigenvalue weighted by atomic mass is 10.2. The second-order valence-electron chi connectivity index (χ2n) is 1.98. The van der Waals surface area contributed by atoms with Gasteiger partial charge in [-0.3, -0.25) is 9.59 Å². The van der Waals surface area contributed by atoms with Crippen molar-refractivity contribution in [2.45, 2.75) is 0 Å². The van der Waals surface area contributed by atoms with Crippen molar-refractivity contribution in [3.63, 3.8) is 0 Å². The second-order valence-corrected chi connectivity index (χ2v) is 1.98. The van der Waals surface area contributed by atoms with Gasteiger partial charge in [0.05, 0.1) is 0 Å². The zero-order valence-corrected chi connectivity index (χ0v) is 6.61. The Hall–Kier alpha value is -1.91. The molecule has 0 atom stereocenters. The van der Waals surface area contributed by atoms with E-state index < -0.39 is 11.7 Å². The Morgan fingerprint density at radius 3 is 2.38 bits per heavy atom. The summed E-state index contributed by atoms with van der Waals surface area (Å²) in [4.78, 5) is 18.8. The van der Waals surface area contributed by atoms with Gasteiger partial charge in [-0.2, -0.15) is 0 Å². The van der Waals surface area contributed by atoms with Gasteiger partial charge in [0.25, 0.3) is 6.47 Å². The van der Waals surface area contributed by atoms with Crippen LogP contribution in [0.15, 0.2) is 24.3 Å². The molecule has 13 heavy (non-hydrogen) atoms. The Bertz CT molecular complexity index is 301. The van der Waals surface area contributed by atoms with Crippen LogP contribution >= 0.6 is 0 Å². The molecule has 0 unspecified atom stereocenters. The van der Waals surface area contributed by atoms with Crippen molar-refractivity contribution in [2.75, 3.05) is 0 Å². The fourth-order valence-electron chi connectivity index (χ4n) is 0.642. The van der Waals surface area contributed by atoms with E-state index in [1.165, 1.54) is 18.2 Å². The standard InChI is InChI=1S/C7H6FNO.CH2O2/c8-6-3-1-2-5(4-6)7(9)10;2-1-3/h1-4H,(H2,9,10);1H,(H,2,3). The molecular formula is C8H8FNO3. The number of benzene rings is 1. The Morgan fingerprint density at radius 2 is 2.08 bits per heavy atom. The molecule has 0 saturated heterocycles. The first-order valence-electron chi connectivity index (χ1n) is 3.25. The van der Waals surface area contributed by atoms with Crippen molar-refractivity contribution in [2.24, 2.45) is 5.73 Å². The number of primary amides is 1. The van der Waals surface area contributed by atoms with Crippen molar-refractivity contribution in [1.82, 2.24) is 0 Å². The number of hydrogen-bond donors (Lipinski definition) is 2. The maximum atomic E-state index is 12.3. The third kappa shape index (κ3) is 4.52. The molecule has 70 valence electrons. The highest BCUT2D eigenvalue weighted by Gasteiger charge is 1.98. The summed E-state index contributed by atoms with van der Waals surface area (Å²) in [5.41, 5.74) is 5.07. The van der Waals surface area contributed by atoms with Crippen molar-refractivity contribution in [3.8, 4) is 0 Å². The Labute approximate surface area is 73.8 Å². The molecule has 0 bridgehead atoms. The van der Waals surface area contributed by atoms with Crippen LogP contribution in [0.5, 0.6) is 0 Å². The van der Waals surface area contributed by atoms with Crippen molar-refractivity contribution in [1.29, 1.82) is 0 Å². The minimum Gasteiger partial charge on any atom is -0.483 e. The molecule has 0 aliphatic carbocycles. The van der Waals surface area contributed by atoms with Gasteiger partial charge in [-0.15, -0.1) is 0 Å². The van der Waals surface area contributed by atoms with Gasteiger partial charge in [0.2, 0.25) is 5.91 Å². The number of amides is 1. The minimum absolute atomic E-state index is 0.194. The molecule has 1 rings (SSSR count). The highest BCUT2D eigenvalue weighted by molar-refractivity contribution is 5.92. The molecule has 0 fully saturated rings. The third-order valence-corrected chi connectivity index (χ3v) is 1.11. The first-order chi connectivity index (χ1) is 6.11. The Balaban J connectivity index is 0.000000424. The summed E-state index contributed by atoms with van der Waals surface area (Å²) in [5.74, 6) is -1.06. The number of nitrogens with two attached hydrogens (primary N) is 1. The summed E-state index contributed by atoms with van der Waals surface area (Å²) in [6.07, 6.45) is 0. The molecule has 5 heteroatoms. The third-order valence-electron chi connectivity index (χ3n) is 1.11. The molecule has 1 amide bonds. The van der Waals surface area contributed by atoms with Gasteiger partial charge < -0.3 is 10.8 Å². The SMILES string of the molecule is NC(=O)c1cccc(F)c1.O=CO. The zero-order chi connectivity index (χ0) is 10.3. The zero-order valence-electron chi connectivity index (χ0n) is 6.61. The summed E-state index contributed by atoms with van der Waals surface area (Å²) >= 11 is 0. The fraction of sp³-hybridized carbons (Fsp3) is 0. The molecule has 4 nitrogen and oxygen atoms in total. The van der Waals surface area contributed by atoms with Gasteiger partial charge in [0.1, 0.15) is 5.82 Å². The number of hydrogen-bond acceptors (Lipinski definition) is 2. The van der Waals surface area contributed by atoms with Gasteiger partial charge in [0.15, 0.2) is 0 Å². The van der Waals surface area contributed by atoms with Crippen LogP contribution in [0.3, 0.4) is 0 Å². The number of rotatable bonds is 1. The Kier molecular flexibility index (Phi) is 4.87. The van der Waals surface area contributed by atoms with E-state index in [1.807, 2.05) is 0 Å². The van der Waals surface area contributed by atoms with E-state index in [4.69, 9.17) is 15.6 Å². The lowest BCUT2D eigenvalue weighted by Gasteiger charge is -1.92. The van der Waals surface area contributed by atoms with Crippen molar-refractivity contribution < 1.29 is 19.1 Å². The van der Waals surface area contributed by atoms with Gasteiger partial charge in [-0.25, -0.2) is 4.39 Å². The summed E-state index contributed by atoms with van der Waals surface area (Å²) in [6, 6.07) is 5.26. The van der Waals surface area contributed by atoms with Crippen LogP contribution < -0.4 is 5.73 Å². The molecule has 0 radical (unpaired) electrons. The fourth-order valence-corrected chi connectivity index (χ4v) is 0.642. The first-order valence-corrected chi connectivity index (χ1v) is 3.25.